The molecule has 1 N–H and O–H groups in total. The summed E-state index contributed by atoms with van der Waals surface area (Å²) < 4.78 is 0. The smallest absolute Gasteiger partial charge is 0.346 e. The number of fused-ring (bicyclic) bond motifs is 1. The monoisotopic (exact) mass is 299 g/mol. The van der Waals surface area contributed by atoms with Gasteiger partial charge in [0.1, 0.15) is 11.6 Å². The number of hydrogen-bond donors (Lipinski definition) is 1. The van der Waals surface area contributed by atoms with Crippen molar-refractivity contribution < 1.29 is 9.90 Å². The number of carboxylic acid groups (broad SMARTS) is 1. The molecule has 0 saturated heterocycles. The highest BCUT2D eigenvalue weighted by Gasteiger charge is 2.10. The molecule has 110 valence electrons. The number of rotatable bonds is 3. The number of carbonyl (C=O) groups is 1. The predicted molar refractivity (Wildman–Crippen MR) is 90.6 cm³/mol. The molecule has 0 unspecified atom stereocenters. The van der Waals surface area contributed by atoms with Crippen LogP contribution in [0.5, 0.6) is 0 Å². The van der Waals surface area contributed by atoms with Crippen LogP contribution < -0.4 is 0 Å². The second kappa shape index (κ2) is 6.17. The molecule has 0 fully saturated rings. The largest absolute Gasteiger partial charge is 0.477 e. The molecular formula is C20H13NO2. The van der Waals surface area contributed by atoms with Crippen LogP contribution in [-0.4, -0.2) is 11.1 Å². The van der Waals surface area contributed by atoms with E-state index in [0.29, 0.717) is 5.56 Å². The molecule has 0 bridgehead atoms. The van der Waals surface area contributed by atoms with E-state index in [1.165, 1.54) is 6.08 Å². The van der Waals surface area contributed by atoms with Gasteiger partial charge in [-0.3, -0.25) is 0 Å². The van der Waals surface area contributed by atoms with Gasteiger partial charge in [0.2, 0.25) is 0 Å². The fourth-order valence-corrected chi connectivity index (χ4v) is 2.63. The van der Waals surface area contributed by atoms with E-state index in [1.54, 1.807) is 6.07 Å². The molecule has 0 radical (unpaired) electrons. The van der Waals surface area contributed by atoms with E-state index < -0.39 is 5.97 Å². The molecule has 0 heterocycles. The Morgan fingerprint density at radius 2 is 1.57 bits per heavy atom. The summed E-state index contributed by atoms with van der Waals surface area (Å²) in [5.74, 6) is -1.22. The summed E-state index contributed by atoms with van der Waals surface area (Å²) in [7, 11) is 0. The Hall–Kier alpha value is -3.38. The number of hydrogen-bond acceptors (Lipinski definition) is 2. The van der Waals surface area contributed by atoms with Gasteiger partial charge in [-0.05, 0) is 33.5 Å². The molecule has 0 aliphatic carbocycles. The van der Waals surface area contributed by atoms with Crippen molar-refractivity contribution in [1.29, 1.82) is 5.26 Å². The Morgan fingerprint density at radius 1 is 0.913 bits per heavy atom. The van der Waals surface area contributed by atoms with Gasteiger partial charge in [0.05, 0.1) is 0 Å². The van der Waals surface area contributed by atoms with E-state index in [-0.39, 0.29) is 5.57 Å². The molecule has 3 heteroatoms. The normalized spacial score (nSPS) is 11.2. The molecule has 0 atom stereocenters. The first kappa shape index (κ1) is 14.6. The van der Waals surface area contributed by atoms with Crippen LogP contribution in [0.25, 0.3) is 28.0 Å². The maximum absolute atomic E-state index is 11.1. The number of benzene rings is 3. The van der Waals surface area contributed by atoms with Crippen LogP contribution in [0, 0.1) is 11.3 Å². The first-order chi connectivity index (χ1) is 11.2. The molecule has 0 saturated carbocycles. The highest BCUT2D eigenvalue weighted by molar-refractivity contribution is 6.01. The average molecular weight is 299 g/mol. The lowest BCUT2D eigenvalue weighted by Gasteiger charge is -2.10. The lowest BCUT2D eigenvalue weighted by atomic mass is 9.94. The zero-order valence-electron chi connectivity index (χ0n) is 12.2. The Kier molecular flexibility index (Phi) is 3.90. The Balaban J connectivity index is 2.26. The van der Waals surface area contributed by atoms with Gasteiger partial charge < -0.3 is 5.11 Å². The maximum atomic E-state index is 11.1. The highest BCUT2D eigenvalue weighted by Crippen LogP contribution is 2.31. The van der Waals surface area contributed by atoms with Gasteiger partial charge in [-0.2, -0.15) is 5.26 Å². The molecule has 0 amide bonds. The first-order valence-electron chi connectivity index (χ1n) is 7.13. The minimum Gasteiger partial charge on any atom is -0.477 e. The highest BCUT2D eigenvalue weighted by atomic mass is 16.4. The standard InChI is InChI=1S/C20H13NO2/c21-13-16(20(22)23)12-15-7-2-4-10-18(15)19-11-5-8-14-6-1-3-9-17(14)19/h1-12H,(H,22,23)/b16-12+. The summed E-state index contributed by atoms with van der Waals surface area (Å²) in [6.07, 6.45) is 1.42. The molecule has 3 nitrogen and oxygen atoms in total. The quantitative estimate of drug-likeness (QED) is 0.572. The first-order valence-corrected chi connectivity index (χ1v) is 7.13. The van der Waals surface area contributed by atoms with Gasteiger partial charge in [0, 0.05) is 0 Å². The van der Waals surface area contributed by atoms with Crippen LogP contribution in [0.15, 0.2) is 72.3 Å². The van der Waals surface area contributed by atoms with Crippen LogP contribution in [0.3, 0.4) is 0 Å². The topological polar surface area (TPSA) is 61.1 Å². The van der Waals surface area contributed by atoms with Crippen LogP contribution in [-0.2, 0) is 4.79 Å². The predicted octanol–water partition coefficient (Wildman–Crippen LogP) is 4.50. The Morgan fingerprint density at radius 3 is 2.35 bits per heavy atom. The van der Waals surface area contributed by atoms with Crippen molar-refractivity contribution in [2.24, 2.45) is 0 Å². The zero-order valence-corrected chi connectivity index (χ0v) is 12.2. The summed E-state index contributed by atoms with van der Waals surface area (Å²) in [5, 5.41) is 20.3. The molecule has 3 aromatic rings. The van der Waals surface area contributed by atoms with E-state index >= 15 is 0 Å². The summed E-state index contributed by atoms with van der Waals surface area (Å²) in [5.41, 5.74) is 2.34. The zero-order chi connectivity index (χ0) is 16.2. The van der Waals surface area contributed by atoms with Crippen LogP contribution >= 0.6 is 0 Å². The Bertz CT molecular complexity index is 959. The molecule has 23 heavy (non-hydrogen) atoms. The lowest BCUT2D eigenvalue weighted by molar-refractivity contribution is -0.132. The van der Waals surface area contributed by atoms with Crippen molar-refractivity contribution in [3.8, 4) is 17.2 Å². The minimum absolute atomic E-state index is 0.280. The van der Waals surface area contributed by atoms with Crippen molar-refractivity contribution in [2.45, 2.75) is 0 Å². The third-order valence-electron chi connectivity index (χ3n) is 3.69. The van der Waals surface area contributed by atoms with Crippen LogP contribution in [0.4, 0.5) is 0 Å². The number of nitriles is 1. The van der Waals surface area contributed by atoms with Crippen molar-refractivity contribution in [3.05, 3.63) is 77.9 Å². The van der Waals surface area contributed by atoms with Crippen molar-refractivity contribution in [3.63, 3.8) is 0 Å². The van der Waals surface area contributed by atoms with Gasteiger partial charge >= 0.3 is 5.97 Å². The third kappa shape index (κ3) is 2.83. The molecule has 0 aliphatic rings. The van der Waals surface area contributed by atoms with E-state index in [1.807, 2.05) is 66.7 Å². The SMILES string of the molecule is N#C/C(=C\c1ccccc1-c1cccc2ccccc12)C(=O)O. The second-order valence-electron chi connectivity index (χ2n) is 5.09. The summed E-state index contributed by atoms with van der Waals surface area (Å²) >= 11 is 0. The second-order valence-corrected chi connectivity index (χ2v) is 5.09. The third-order valence-corrected chi connectivity index (χ3v) is 3.69. The van der Waals surface area contributed by atoms with Crippen molar-refractivity contribution >= 4 is 22.8 Å². The van der Waals surface area contributed by atoms with Gasteiger partial charge in [-0.25, -0.2) is 4.79 Å². The summed E-state index contributed by atoms with van der Waals surface area (Å²) in [6.45, 7) is 0. The maximum Gasteiger partial charge on any atom is 0.346 e. The number of nitrogens with zero attached hydrogens (tertiary/aromatic N) is 1. The molecule has 3 rings (SSSR count). The lowest BCUT2D eigenvalue weighted by Crippen LogP contribution is -1.98. The number of carboxylic acids is 1. The van der Waals surface area contributed by atoms with Gasteiger partial charge in [0.25, 0.3) is 0 Å². The summed E-state index contributed by atoms with van der Waals surface area (Å²) in [4.78, 5) is 11.1. The number of aliphatic carboxylic acids is 1. The molecule has 0 spiro atoms. The van der Waals surface area contributed by atoms with E-state index in [4.69, 9.17) is 10.4 Å². The fourth-order valence-electron chi connectivity index (χ4n) is 2.63. The van der Waals surface area contributed by atoms with Gasteiger partial charge in [-0.15, -0.1) is 0 Å². The molecule has 0 aromatic heterocycles. The molecular weight excluding hydrogens is 286 g/mol. The van der Waals surface area contributed by atoms with Gasteiger partial charge in [0.15, 0.2) is 0 Å². The van der Waals surface area contributed by atoms with Crippen LogP contribution in [0.1, 0.15) is 5.56 Å². The van der Waals surface area contributed by atoms with Crippen molar-refractivity contribution in [2.75, 3.05) is 0 Å². The van der Waals surface area contributed by atoms with E-state index in [2.05, 4.69) is 0 Å². The average Bonchev–Trinajstić information content (AvgIpc) is 2.59. The van der Waals surface area contributed by atoms with Gasteiger partial charge in [-0.1, -0.05) is 66.7 Å². The molecule has 0 aliphatic heterocycles. The minimum atomic E-state index is -1.22. The van der Waals surface area contributed by atoms with Crippen LogP contribution in [0.2, 0.25) is 0 Å². The van der Waals surface area contributed by atoms with E-state index in [0.717, 1.165) is 21.9 Å². The fraction of sp³-hybridized carbons (Fsp3) is 0. The Labute approximate surface area is 133 Å². The van der Waals surface area contributed by atoms with E-state index in [9.17, 15) is 4.79 Å². The summed E-state index contributed by atoms with van der Waals surface area (Å²) in [6, 6.07) is 23.3. The molecule has 3 aromatic carbocycles. The van der Waals surface area contributed by atoms with Crippen molar-refractivity contribution in [1.82, 2.24) is 0 Å².